The molecule has 0 radical (unpaired) electrons. The molecule has 0 saturated heterocycles. The largest absolute Gasteiger partial charge is 0.281 e. The standard InChI is InChI=1S/C19H22N4O3S2/c1-4-14-8-7-10-16-18(14)21-19(27-16)23(12-15-9-5-6-11-20-15)17(24)13-22(2)28(3,25)26/h5-11H,4,12-13H2,1-3H3. The van der Waals surface area contributed by atoms with E-state index in [9.17, 15) is 13.2 Å². The summed E-state index contributed by atoms with van der Waals surface area (Å²) in [6.07, 6.45) is 3.58. The van der Waals surface area contributed by atoms with Gasteiger partial charge in [-0.15, -0.1) is 0 Å². The van der Waals surface area contributed by atoms with Gasteiger partial charge in [0.15, 0.2) is 5.13 Å². The number of aromatic nitrogens is 2. The number of benzene rings is 1. The van der Waals surface area contributed by atoms with Gasteiger partial charge in [0.25, 0.3) is 0 Å². The Hall–Kier alpha value is -2.36. The van der Waals surface area contributed by atoms with Crippen molar-refractivity contribution in [3.63, 3.8) is 0 Å². The molecule has 0 unspecified atom stereocenters. The molecule has 0 spiro atoms. The average Bonchev–Trinajstić information content (AvgIpc) is 3.09. The van der Waals surface area contributed by atoms with Crippen LogP contribution in [0.5, 0.6) is 0 Å². The lowest BCUT2D eigenvalue weighted by Gasteiger charge is -2.22. The normalized spacial score (nSPS) is 11.9. The molecule has 28 heavy (non-hydrogen) atoms. The Bertz CT molecular complexity index is 1080. The smallest absolute Gasteiger partial charge is 0.244 e. The van der Waals surface area contributed by atoms with Crippen molar-refractivity contribution < 1.29 is 13.2 Å². The minimum Gasteiger partial charge on any atom is -0.281 e. The highest BCUT2D eigenvalue weighted by Crippen LogP contribution is 2.32. The second kappa shape index (κ2) is 8.34. The number of carbonyl (C=O) groups excluding carboxylic acids is 1. The van der Waals surface area contributed by atoms with Gasteiger partial charge in [-0.1, -0.05) is 36.5 Å². The van der Waals surface area contributed by atoms with Crippen LogP contribution in [0.15, 0.2) is 42.6 Å². The molecule has 148 valence electrons. The predicted octanol–water partition coefficient (Wildman–Crippen LogP) is 2.68. The topological polar surface area (TPSA) is 83.5 Å². The maximum absolute atomic E-state index is 13.0. The highest BCUT2D eigenvalue weighted by atomic mass is 32.2. The van der Waals surface area contributed by atoms with E-state index in [2.05, 4.69) is 11.9 Å². The molecular formula is C19H22N4O3S2. The lowest BCUT2D eigenvalue weighted by atomic mass is 10.1. The van der Waals surface area contributed by atoms with Gasteiger partial charge in [0.1, 0.15) is 0 Å². The maximum Gasteiger partial charge on any atom is 0.244 e. The van der Waals surface area contributed by atoms with E-state index in [1.54, 1.807) is 12.3 Å². The summed E-state index contributed by atoms with van der Waals surface area (Å²) in [5, 5.41) is 0.536. The summed E-state index contributed by atoms with van der Waals surface area (Å²) < 4.78 is 25.5. The fourth-order valence-corrected chi connectivity index (χ4v) is 4.08. The van der Waals surface area contributed by atoms with Crippen LogP contribution in [0.2, 0.25) is 0 Å². The van der Waals surface area contributed by atoms with Crippen molar-refractivity contribution in [3.05, 3.63) is 53.9 Å². The highest BCUT2D eigenvalue weighted by Gasteiger charge is 2.24. The fourth-order valence-electron chi connectivity index (χ4n) is 2.70. The zero-order valence-electron chi connectivity index (χ0n) is 16.0. The van der Waals surface area contributed by atoms with E-state index >= 15 is 0 Å². The summed E-state index contributed by atoms with van der Waals surface area (Å²) in [5.41, 5.74) is 2.69. The SMILES string of the molecule is CCc1cccc2sc(N(Cc3ccccn3)C(=O)CN(C)S(C)(=O)=O)nc12. The van der Waals surface area contributed by atoms with Gasteiger partial charge in [-0.2, -0.15) is 4.31 Å². The Morgan fingerprint density at radius 3 is 2.61 bits per heavy atom. The monoisotopic (exact) mass is 418 g/mol. The number of hydrogen-bond acceptors (Lipinski definition) is 6. The van der Waals surface area contributed by atoms with Crippen LogP contribution < -0.4 is 4.90 Å². The Morgan fingerprint density at radius 1 is 1.18 bits per heavy atom. The second-order valence-corrected chi connectivity index (χ2v) is 9.53. The van der Waals surface area contributed by atoms with Crippen LogP contribution in [0.25, 0.3) is 10.2 Å². The first-order valence-corrected chi connectivity index (χ1v) is 11.5. The second-order valence-electron chi connectivity index (χ2n) is 6.43. The molecule has 0 aliphatic carbocycles. The number of likely N-dealkylation sites (N-methyl/N-ethyl adjacent to an activating group) is 1. The molecule has 9 heteroatoms. The van der Waals surface area contributed by atoms with Gasteiger partial charge in [0.2, 0.25) is 15.9 Å². The Kier molecular flexibility index (Phi) is 6.07. The summed E-state index contributed by atoms with van der Waals surface area (Å²) in [7, 11) is -2.08. The number of fused-ring (bicyclic) bond motifs is 1. The number of carbonyl (C=O) groups is 1. The minimum absolute atomic E-state index is 0.221. The Balaban J connectivity index is 1.99. The number of aryl methyl sites for hydroxylation is 1. The lowest BCUT2D eigenvalue weighted by molar-refractivity contribution is -0.118. The molecule has 7 nitrogen and oxygen atoms in total. The van der Waals surface area contributed by atoms with Crippen LogP contribution in [0.4, 0.5) is 5.13 Å². The van der Waals surface area contributed by atoms with Gasteiger partial charge in [-0.05, 0) is 30.2 Å². The van der Waals surface area contributed by atoms with E-state index < -0.39 is 10.0 Å². The molecule has 1 aromatic carbocycles. The first-order valence-electron chi connectivity index (χ1n) is 8.79. The molecule has 0 bridgehead atoms. The number of thiazole rings is 1. The number of rotatable bonds is 7. The van der Waals surface area contributed by atoms with Crippen molar-refractivity contribution >= 4 is 42.6 Å². The molecule has 2 aromatic heterocycles. The summed E-state index contributed by atoms with van der Waals surface area (Å²) in [6, 6.07) is 11.5. The molecule has 2 heterocycles. The van der Waals surface area contributed by atoms with E-state index in [1.807, 2.05) is 30.3 Å². The van der Waals surface area contributed by atoms with E-state index in [-0.39, 0.29) is 19.0 Å². The van der Waals surface area contributed by atoms with Crippen molar-refractivity contribution in [2.24, 2.45) is 0 Å². The molecule has 0 aliphatic rings. The average molecular weight is 419 g/mol. The predicted molar refractivity (Wildman–Crippen MR) is 112 cm³/mol. The first-order chi connectivity index (χ1) is 13.3. The number of amides is 1. The van der Waals surface area contributed by atoms with Crippen LogP contribution in [0, 0.1) is 0 Å². The molecule has 0 atom stereocenters. The number of nitrogens with zero attached hydrogens (tertiary/aromatic N) is 4. The van der Waals surface area contributed by atoms with Crippen molar-refractivity contribution in [1.29, 1.82) is 0 Å². The number of para-hydroxylation sites is 1. The molecular weight excluding hydrogens is 396 g/mol. The molecule has 1 amide bonds. The van der Waals surface area contributed by atoms with Crippen molar-refractivity contribution in [2.45, 2.75) is 19.9 Å². The fraction of sp³-hybridized carbons (Fsp3) is 0.316. The maximum atomic E-state index is 13.0. The van der Waals surface area contributed by atoms with Crippen LogP contribution in [0.1, 0.15) is 18.2 Å². The molecule has 0 aliphatic heterocycles. The number of sulfonamides is 1. The number of pyridine rings is 1. The highest BCUT2D eigenvalue weighted by molar-refractivity contribution is 7.88. The Morgan fingerprint density at radius 2 is 1.96 bits per heavy atom. The van der Waals surface area contributed by atoms with Crippen molar-refractivity contribution in [3.8, 4) is 0 Å². The number of anilines is 1. The zero-order chi connectivity index (χ0) is 20.3. The lowest BCUT2D eigenvalue weighted by Crippen LogP contribution is -2.40. The van der Waals surface area contributed by atoms with Gasteiger partial charge in [0, 0.05) is 13.2 Å². The Labute approximate surface area is 168 Å². The zero-order valence-corrected chi connectivity index (χ0v) is 17.6. The van der Waals surface area contributed by atoms with Gasteiger partial charge in [0.05, 0.1) is 35.3 Å². The molecule has 3 rings (SSSR count). The van der Waals surface area contributed by atoms with Crippen LogP contribution in [0.3, 0.4) is 0 Å². The van der Waals surface area contributed by atoms with Gasteiger partial charge in [-0.25, -0.2) is 13.4 Å². The van der Waals surface area contributed by atoms with Crippen molar-refractivity contribution in [1.82, 2.24) is 14.3 Å². The van der Waals surface area contributed by atoms with Crippen molar-refractivity contribution in [2.75, 3.05) is 24.7 Å². The summed E-state index contributed by atoms with van der Waals surface area (Å²) in [4.78, 5) is 23.5. The third-order valence-electron chi connectivity index (χ3n) is 4.37. The van der Waals surface area contributed by atoms with E-state index in [1.165, 1.54) is 23.3 Å². The molecule has 3 aromatic rings. The van der Waals surface area contributed by atoms with Crippen LogP contribution in [-0.2, 0) is 27.8 Å². The third kappa shape index (κ3) is 4.54. The van der Waals surface area contributed by atoms with Gasteiger partial charge < -0.3 is 0 Å². The quantitative estimate of drug-likeness (QED) is 0.589. The number of hydrogen-bond donors (Lipinski definition) is 0. The van der Waals surface area contributed by atoms with Gasteiger partial charge >= 0.3 is 0 Å². The van der Waals surface area contributed by atoms with Crippen LogP contribution >= 0.6 is 11.3 Å². The first kappa shape index (κ1) is 20.4. The van der Waals surface area contributed by atoms with Crippen LogP contribution in [-0.4, -0.2) is 48.4 Å². The molecule has 0 fully saturated rings. The summed E-state index contributed by atoms with van der Waals surface area (Å²) in [6.45, 7) is 2.02. The molecule has 0 saturated carbocycles. The van der Waals surface area contributed by atoms with E-state index in [4.69, 9.17) is 4.98 Å². The summed E-state index contributed by atoms with van der Waals surface area (Å²) >= 11 is 1.42. The molecule has 0 N–H and O–H groups in total. The third-order valence-corrected chi connectivity index (χ3v) is 6.68. The minimum atomic E-state index is -3.47. The van der Waals surface area contributed by atoms with Gasteiger partial charge in [-0.3, -0.25) is 14.7 Å². The van der Waals surface area contributed by atoms with E-state index in [0.29, 0.717) is 10.8 Å². The summed E-state index contributed by atoms with van der Waals surface area (Å²) in [5.74, 6) is -0.351. The van der Waals surface area contributed by atoms with E-state index in [0.717, 1.165) is 32.8 Å².